The summed E-state index contributed by atoms with van der Waals surface area (Å²) >= 11 is 0. The molecule has 8 rings (SSSR count). The molecule has 1 aliphatic carbocycles. The van der Waals surface area contributed by atoms with Gasteiger partial charge in [0.2, 0.25) is 0 Å². The lowest BCUT2D eigenvalue weighted by atomic mass is 9.90. The average molecular weight is 713 g/mol. The van der Waals surface area contributed by atoms with Gasteiger partial charge in [-0.25, -0.2) is 23.7 Å². The van der Waals surface area contributed by atoms with E-state index in [1.54, 1.807) is 6.07 Å². The molecule has 2 fully saturated rings. The lowest BCUT2D eigenvalue weighted by molar-refractivity contribution is 0.0917. The first-order chi connectivity index (χ1) is 25.8. The summed E-state index contributed by atoms with van der Waals surface area (Å²) in [6.45, 7) is 5.21. The molecule has 3 aromatic carbocycles. The second-order valence-corrected chi connectivity index (χ2v) is 14.2. The van der Waals surface area contributed by atoms with E-state index in [0.29, 0.717) is 42.4 Å². The minimum atomic E-state index is -0.657. The molecule has 6 aromatic rings. The van der Waals surface area contributed by atoms with Crippen molar-refractivity contribution >= 4 is 28.0 Å². The minimum absolute atomic E-state index is 0.0318. The molecule has 1 saturated heterocycles. The number of rotatable bonds is 7. The molecule has 2 aliphatic rings. The van der Waals surface area contributed by atoms with E-state index in [0.717, 1.165) is 62.5 Å². The van der Waals surface area contributed by atoms with Gasteiger partial charge < -0.3 is 10.2 Å². The molecule has 3 aromatic heterocycles. The SMILES string of the molecule is CN1CCCN(Cc2ccc(-c3cccc(-n4c(=O)n([C@H]5CC[C@@H](NC(=O)c6cnc7ccccc7n6)CC5)c(=O)c5cc(F)cnc54)c3)cc2)CC1. The Kier molecular flexibility index (Phi) is 9.63. The van der Waals surface area contributed by atoms with E-state index in [1.807, 2.05) is 42.5 Å². The van der Waals surface area contributed by atoms with Gasteiger partial charge >= 0.3 is 5.69 Å². The molecule has 0 radical (unpaired) electrons. The summed E-state index contributed by atoms with van der Waals surface area (Å²) in [5.74, 6) is -0.978. The van der Waals surface area contributed by atoms with E-state index in [1.165, 1.54) is 20.9 Å². The molecule has 0 spiro atoms. The molecule has 0 unspecified atom stereocenters. The smallest absolute Gasteiger partial charge is 0.337 e. The summed E-state index contributed by atoms with van der Waals surface area (Å²) in [5.41, 5.74) is 4.23. The van der Waals surface area contributed by atoms with Crippen LogP contribution in [0.4, 0.5) is 4.39 Å². The van der Waals surface area contributed by atoms with Crippen molar-refractivity contribution in [3.8, 4) is 16.8 Å². The monoisotopic (exact) mass is 712 g/mol. The standard InChI is InChI=1S/C41H41FN8O3/c1-47-18-5-19-48(21-20-47)26-27-10-12-28(13-11-27)29-6-4-7-33(22-29)49-38-34(23-30(42)24-44-38)40(52)50(41(49)53)32-16-14-31(15-17-32)45-39(51)37-25-43-35-8-2-3-9-36(35)46-37/h2-4,6-13,22-25,31-32H,5,14-21,26H2,1H3,(H,45,51)/t31-,32+. The van der Waals surface area contributed by atoms with Crippen LogP contribution in [0.2, 0.25) is 0 Å². The summed E-state index contributed by atoms with van der Waals surface area (Å²) in [7, 11) is 2.17. The van der Waals surface area contributed by atoms with Gasteiger partial charge in [-0.2, -0.15) is 0 Å². The van der Waals surface area contributed by atoms with E-state index in [2.05, 4.69) is 61.4 Å². The Labute approximate surface area is 305 Å². The maximum Gasteiger partial charge on any atom is 0.337 e. The molecule has 0 atom stereocenters. The second-order valence-electron chi connectivity index (χ2n) is 14.2. The zero-order chi connectivity index (χ0) is 36.5. The van der Waals surface area contributed by atoms with Crippen LogP contribution in [0.25, 0.3) is 38.9 Å². The average Bonchev–Trinajstić information content (AvgIpc) is 3.39. The number of fused-ring (bicyclic) bond motifs is 2. The minimum Gasteiger partial charge on any atom is -0.348 e. The van der Waals surface area contributed by atoms with E-state index in [4.69, 9.17) is 0 Å². The van der Waals surface area contributed by atoms with Crippen molar-refractivity contribution in [1.82, 2.24) is 39.2 Å². The molecule has 1 saturated carbocycles. The molecule has 53 heavy (non-hydrogen) atoms. The summed E-state index contributed by atoms with van der Waals surface area (Å²) in [6, 6.07) is 24.0. The Bertz CT molecular complexity index is 2420. The summed E-state index contributed by atoms with van der Waals surface area (Å²) in [4.78, 5) is 59.2. The van der Waals surface area contributed by atoms with Crippen LogP contribution in [0.15, 0.2) is 101 Å². The number of amides is 1. The van der Waals surface area contributed by atoms with Crippen molar-refractivity contribution < 1.29 is 9.18 Å². The molecular weight excluding hydrogens is 672 g/mol. The van der Waals surface area contributed by atoms with Crippen LogP contribution in [0.1, 0.15) is 54.2 Å². The summed E-state index contributed by atoms with van der Waals surface area (Å²) < 4.78 is 17.2. The molecule has 12 heteroatoms. The second kappa shape index (κ2) is 14.8. The Morgan fingerprint density at radius 2 is 1.62 bits per heavy atom. The van der Waals surface area contributed by atoms with E-state index >= 15 is 0 Å². The number of para-hydroxylation sites is 2. The number of halogens is 1. The predicted octanol–water partition coefficient (Wildman–Crippen LogP) is 5.35. The van der Waals surface area contributed by atoms with Crippen LogP contribution in [-0.4, -0.2) is 79.1 Å². The van der Waals surface area contributed by atoms with Gasteiger partial charge in [0, 0.05) is 31.7 Å². The molecule has 1 N–H and O–H groups in total. The fourth-order valence-corrected chi connectivity index (χ4v) is 7.69. The molecular formula is C41H41FN8O3. The highest BCUT2D eigenvalue weighted by Crippen LogP contribution is 2.29. The Morgan fingerprint density at radius 1 is 0.830 bits per heavy atom. The van der Waals surface area contributed by atoms with E-state index in [-0.39, 0.29) is 28.7 Å². The van der Waals surface area contributed by atoms with Gasteiger partial charge in [0.1, 0.15) is 11.5 Å². The normalized spacial score (nSPS) is 18.6. The third-order valence-corrected chi connectivity index (χ3v) is 10.6. The van der Waals surface area contributed by atoms with Crippen LogP contribution in [-0.2, 0) is 6.54 Å². The highest BCUT2D eigenvalue weighted by molar-refractivity contribution is 5.94. The van der Waals surface area contributed by atoms with Crippen LogP contribution in [0.5, 0.6) is 0 Å². The third kappa shape index (κ3) is 7.24. The molecule has 1 aliphatic heterocycles. The number of hydrogen-bond donors (Lipinski definition) is 1. The van der Waals surface area contributed by atoms with Crippen LogP contribution >= 0.6 is 0 Å². The number of aromatic nitrogens is 5. The number of benzene rings is 3. The van der Waals surface area contributed by atoms with Crippen molar-refractivity contribution in [3.63, 3.8) is 0 Å². The zero-order valence-electron chi connectivity index (χ0n) is 29.6. The fraction of sp³-hybridized carbons (Fsp3) is 0.317. The first-order valence-corrected chi connectivity index (χ1v) is 18.3. The maximum atomic E-state index is 14.6. The van der Waals surface area contributed by atoms with Gasteiger partial charge in [-0.15, -0.1) is 0 Å². The number of pyridine rings is 1. The first-order valence-electron chi connectivity index (χ1n) is 18.3. The molecule has 270 valence electrons. The van der Waals surface area contributed by atoms with Crippen molar-refractivity contribution in [3.05, 3.63) is 129 Å². The highest BCUT2D eigenvalue weighted by Gasteiger charge is 2.28. The van der Waals surface area contributed by atoms with Crippen molar-refractivity contribution in [1.29, 1.82) is 0 Å². The summed E-state index contributed by atoms with van der Waals surface area (Å²) in [6.07, 6.45) is 5.68. The van der Waals surface area contributed by atoms with Crippen molar-refractivity contribution in [2.75, 3.05) is 33.2 Å². The van der Waals surface area contributed by atoms with Gasteiger partial charge in [-0.1, -0.05) is 48.5 Å². The zero-order valence-corrected chi connectivity index (χ0v) is 29.6. The van der Waals surface area contributed by atoms with Crippen LogP contribution in [0.3, 0.4) is 0 Å². The fourth-order valence-electron chi connectivity index (χ4n) is 7.69. The lowest BCUT2D eigenvalue weighted by Crippen LogP contribution is -2.45. The van der Waals surface area contributed by atoms with Gasteiger partial charge in [-0.05, 0) is 99.3 Å². The predicted molar refractivity (Wildman–Crippen MR) is 203 cm³/mol. The molecule has 0 bridgehead atoms. The van der Waals surface area contributed by atoms with E-state index in [9.17, 15) is 18.8 Å². The quantitative estimate of drug-likeness (QED) is 0.236. The van der Waals surface area contributed by atoms with Gasteiger partial charge in [-0.3, -0.25) is 24.0 Å². The van der Waals surface area contributed by atoms with Crippen molar-refractivity contribution in [2.45, 2.75) is 50.7 Å². The topological polar surface area (TPSA) is 118 Å². The number of nitrogens with zero attached hydrogens (tertiary/aromatic N) is 7. The Hall–Kier alpha value is -5.59. The largest absolute Gasteiger partial charge is 0.348 e. The van der Waals surface area contributed by atoms with Gasteiger partial charge in [0.25, 0.3) is 11.5 Å². The Morgan fingerprint density at radius 3 is 2.43 bits per heavy atom. The maximum absolute atomic E-state index is 14.6. The summed E-state index contributed by atoms with van der Waals surface area (Å²) in [5, 5.41) is 3.08. The molecule has 1 amide bonds. The number of nitrogens with one attached hydrogen (secondary N) is 1. The van der Waals surface area contributed by atoms with Crippen LogP contribution in [0, 0.1) is 5.82 Å². The lowest BCUT2D eigenvalue weighted by Gasteiger charge is -2.30. The Balaban J connectivity index is 1.04. The number of likely N-dealkylation sites (N-methyl/N-ethyl adjacent to an activating group) is 1. The number of carbonyl (C=O) groups excluding carboxylic acids is 1. The number of hydrogen-bond acceptors (Lipinski definition) is 8. The molecule has 4 heterocycles. The van der Waals surface area contributed by atoms with Gasteiger partial charge in [0.15, 0.2) is 5.65 Å². The number of carbonyl (C=O) groups is 1. The van der Waals surface area contributed by atoms with Crippen LogP contribution < -0.4 is 16.6 Å². The first kappa shape index (κ1) is 34.5. The van der Waals surface area contributed by atoms with Gasteiger partial charge in [0.05, 0.1) is 34.5 Å². The molecule has 11 nitrogen and oxygen atoms in total. The van der Waals surface area contributed by atoms with Crippen molar-refractivity contribution in [2.24, 2.45) is 0 Å². The third-order valence-electron chi connectivity index (χ3n) is 10.6. The van der Waals surface area contributed by atoms with E-state index < -0.39 is 23.1 Å². The highest BCUT2D eigenvalue weighted by atomic mass is 19.1.